The molecule has 128 valence electrons. The van der Waals surface area contributed by atoms with Gasteiger partial charge in [0.2, 0.25) is 5.91 Å². The highest BCUT2D eigenvalue weighted by molar-refractivity contribution is 5.78. The number of methoxy groups -OCH3 is 1. The highest BCUT2D eigenvalue weighted by Crippen LogP contribution is 2.28. The smallest absolute Gasteiger partial charge is 0.236 e. The molecule has 0 unspecified atom stereocenters. The highest BCUT2D eigenvalue weighted by Gasteiger charge is 2.36. The first-order valence-corrected chi connectivity index (χ1v) is 8.56. The third-order valence-corrected chi connectivity index (χ3v) is 4.96. The van der Waals surface area contributed by atoms with Crippen molar-refractivity contribution in [2.75, 3.05) is 39.8 Å². The quantitative estimate of drug-likeness (QED) is 0.814. The molecule has 2 saturated heterocycles. The number of carbonyl (C=O) groups excluding carboxylic acids is 1. The van der Waals surface area contributed by atoms with Gasteiger partial charge in [0.1, 0.15) is 0 Å². The summed E-state index contributed by atoms with van der Waals surface area (Å²) < 4.78 is 7.34. The lowest BCUT2D eigenvalue weighted by molar-refractivity contribution is -0.132. The summed E-state index contributed by atoms with van der Waals surface area (Å²) in [5.74, 6) is 0.437. The van der Waals surface area contributed by atoms with Crippen LogP contribution in [0.1, 0.15) is 37.3 Å². The molecule has 0 radical (unpaired) electrons. The van der Waals surface area contributed by atoms with E-state index in [1.54, 1.807) is 11.8 Å². The first-order valence-electron chi connectivity index (χ1n) is 8.56. The second kappa shape index (κ2) is 7.40. The van der Waals surface area contributed by atoms with Crippen molar-refractivity contribution >= 4 is 5.91 Å². The molecule has 2 aliphatic heterocycles. The van der Waals surface area contributed by atoms with Gasteiger partial charge in [0.25, 0.3) is 0 Å². The van der Waals surface area contributed by atoms with Crippen LogP contribution in [0.4, 0.5) is 0 Å². The molecule has 2 fully saturated rings. The fraction of sp³-hybridized carbons (Fsp3) is 0.812. The van der Waals surface area contributed by atoms with E-state index >= 15 is 0 Å². The van der Waals surface area contributed by atoms with Gasteiger partial charge in [0.05, 0.1) is 18.3 Å². The maximum absolute atomic E-state index is 12.6. The maximum Gasteiger partial charge on any atom is 0.236 e. The first kappa shape index (κ1) is 16.4. The topological polar surface area (TPSA) is 63.5 Å². The van der Waals surface area contributed by atoms with E-state index in [1.807, 2.05) is 18.1 Å². The molecule has 1 aromatic rings. The largest absolute Gasteiger partial charge is 0.379 e. The SMILES string of the molecule is CO[C@@H]1CN(CC(=O)N2CCCCCC2)C[C@H]1c1cn(C)nn1. The Balaban J connectivity index is 1.59. The third-order valence-electron chi connectivity index (χ3n) is 4.96. The molecule has 23 heavy (non-hydrogen) atoms. The summed E-state index contributed by atoms with van der Waals surface area (Å²) in [4.78, 5) is 16.8. The minimum absolute atomic E-state index is 0.0728. The lowest BCUT2D eigenvalue weighted by Gasteiger charge is -2.23. The summed E-state index contributed by atoms with van der Waals surface area (Å²) in [5.41, 5.74) is 0.948. The molecular formula is C16H27N5O2. The second-order valence-corrected chi connectivity index (χ2v) is 6.69. The van der Waals surface area contributed by atoms with Crippen LogP contribution in [0.25, 0.3) is 0 Å². The normalized spacial score (nSPS) is 26.4. The summed E-state index contributed by atoms with van der Waals surface area (Å²) in [6.07, 6.45) is 6.77. The number of nitrogens with zero attached hydrogens (tertiary/aromatic N) is 5. The molecule has 7 heteroatoms. The molecule has 7 nitrogen and oxygen atoms in total. The van der Waals surface area contributed by atoms with E-state index in [2.05, 4.69) is 15.2 Å². The standard InChI is InChI=1S/C16H27N5O2/c1-19-10-14(17-18-19)13-9-20(11-15(13)23-2)12-16(22)21-7-5-3-4-6-8-21/h10,13,15H,3-9,11-12H2,1-2H3/t13-,15+/m0/s1. The van der Waals surface area contributed by atoms with Crippen LogP contribution in [0.3, 0.4) is 0 Å². The van der Waals surface area contributed by atoms with Crippen LogP contribution in [0.5, 0.6) is 0 Å². The molecule has 1 aromatic heterocycles. The molecule has 3 rings (SSSR count). The first-order chi connectivity index (χ1) is 11.2. The predicted octanol–water partition coefficient (Wildman–Crippen LogP) is 0.632. The number of likely N-dealkylation sites (tertiary alicyclic amines) is 2. The molecule has 0 aromatic carbocycles. The number of hydrogen-bond donors (Lipinski definition) is 0. The van der Waals surface area contributed by atoms with E-state index in [0.29, 0.717) is 6.54 Å². The zero-order valence-electron chi connectivity index (χ0n) is 14.1. The molecular weight excluding hydrogens is 294 g/mol. The van der Waals surface area contributed by atoms with E-state index in [0.717, 1.165) is 44.7 Å². The van der Waals surface area contributed by atoms with Crippen LogP contribution < -0.4 is 0 Å². The molecule has 1 amide bonds. The summed E-state index contributed by atoms with van der Waals surface area (Å²) in [5, 5.41) is 8.24. The van der Waals surface area contributed by atoms with Crippen LogP contribution in [-0.4, -0.2) is 76.6 Å². The monoisotopic (exact) mass is 321 g/mol. The van der Waals surface area contributed by atoms with E-state index in [1.165, 1.54) is 12.8 Å². The maximum atomic E-state index is 12.6. The molecule has 0 spiro atoms. The Kier molecular flexibility index (Phi) is 5.27. The number of rotatable bonds is 4. The second-order valence-electron chi connectivity index (χ2n) is 6.69. The van der Waals surface area contributed by atoms with Crippen LogP contribution in [0, 0.1) is 0 Å². The number of ether oxygens (including phenoxy) is 1. The van der Waals surface area contributed by atoms with E-state index in [9.17, 15) is 4.79 Å². The average Bonchev–Trinajstić information content (AvgIpc) is 3.03. The molecule has 0 aliphatic carbocycles. The van der Waals surface area contributed by atoms with Gasteiger partial charge in [-0.2, -0.15) is 0 Å². The number of hydrogen-bond acceptors (Lipinski definition) is 5. The fourth-order valence-electron chi connectivity index (χ4n) is 3.65. The zero-order chi connectivity index (χ0) is 16.2. The zero-order valence-corrected chi connectivity index (χ0v) is 14.1. The number of carbonyl (C=O) groups is 1. The lowest BCUT2D eigenvalue weighted by atomic mass is 10.0. The molecule has 0 N–H and O–H groups in total. The van der Waals surface area contributed by atoms with Crippen molar-refractivity contribution in [2.24, 2.45) is 7.05 Å². The van der Waals surface area contributed by atoms with Crippen molar-refractivity contribution in [2.45, 2.75) is 37.7 Å². The molecule has 0 saturated carbocycles. The minimum Gasteiger partial charge on any atom is -0.379 e. The van der Waals surface area contributed by atoms with Gasteiger partial charge in [0, 0.05) is 52.5 Å². The average molecular weight is 321 g/mol. The Labute approximate surface area is 137 Å². The van der Waals surface area contributed by atoms with Gasteiger partial charge in [-0.3, -0.25) is 14.4 Å². The van der Waals surface area contributed by atoms with Gasteiger partial charge in [-0.15, -0.1) is 5.10 Å². The number of amides is 1. The lowest BCUT2D eigenvalue weighted by Crippen LogP contribution is -2.40. The van der Waals surface area contributed by atoms with Crippen molar-refractivity contribution in [3.8, 4) is 0 Å². The van der Waals surface area contributed by atoms with Gasteiger partial charge in [-0.1, -0.05) is 18.1 Å². The van der Waals surface area contributed by atoms with E-state index in [-0.39, 0.29) is 17.9 Å². The van der Waals surface area contributed by atoms with Crippen LogP contribution >= 0.6 is 0 Å². The Morgan fingerprint density at radius 1 is 1.26 bits per heavy atom. The minimum atomic E-state index is 0.0728. The molecule has 0 bridgehead atoms. The summed E-state index contributed by atoms with van der Waals surface area (Å²) in [6.45, 7) is 3.88. The fourth-order valence-corrected chi connectivity index (χ4v) is 3.65. The van der Waals surface area contributed by atoms with Crippen molar-refractivity contribution in [3.63, 3.8) is 0 Å². The summed E-state index contributed by atoms with van der Waals surface area (Å²) in [7, 11) is 3.60. The Bertz CT molecular complexity index is 524. The van der Waals surface area contributed by atoms with Crippen molar-refractivity contribution < 1.29 is 9.53 Å². The molecule has 2 aliphatic rings. The van der Waals surface area contributed by atoms with Crippen molar-refractivity contribution in [1.29, 1.82) is 0 Å². The third kappa shape index (κ3) is 3.90. The Hall–Kier alpha value is -1.47. The molecule has 2 atom stereocenters. The number of aryl methyl sites for hydroxylation is 1. The van der Waals surface area contributed by atoms with E-state index in [4.69, 9.17) is 4.74 Å². The van der Waals surface area contributed by atoms with Crippen molar-refractivity contribution in [3.05, 3.63) is 11.9 Å². The van der Waals surface area contributed by atoms with Gasteiger partial charge in [-0.05, 0) is 12.8 Å². The highest BCUT2D eigenvalue weighted by atomic mass is 16.5. The van der Waals surface area contributed by atoms with E-state index < -0.39 is 0 Å². The van der Waals surface area contributed by atoms with Gasteiger partial charge >= 0.3 is 0 Å². The summed E-state index contributed by atoms with van der Waals surface area (Å²) >= 11 is 0. The van der Waals surface area contributed by atoms with Crippen LogP contribution in [0.15, 0.2) is 6.20 Å². The van der Waals surface area contributed by atoms with Gasteiger partial charge in [0.15, 0.2) is 0 Å². The number of aromatic nitrogens is 3. The van der Waals surface area contributed by atoms with Crippen molar-refractivity contribution in [1.82, 2.24) is 24.8 Å². The van der Waals surface area contributed by atoms with Gasteiger partial charge < -0.3 is 9.64 Å². The predicted molar refractivity (Wildman–Crippen MR) is 86.0 cm³/mol. The summed E-state index contributed by atoms with van der Waals surface area (Å²) in [6, 6.07) is 0. The van der Waals surface area contributed by atoms with Crippen LogP contribution in [0.2, 0.25) is 0 Å². The van der Waals surface area contributed by atoms with Gasteiger partial charge in [-0.25, -0.2) is 0 Å². The van der Waals surface area contributed by atoms with Crippen LogP contribution in [-0.2, 0) is 16.6 Å². The Morgan fingerprint density at radius 2 is 2.00 bits per heavy atom. The Morgan fingerprint density at radius 3 is 2.61 bits per heavy atom. The molecule has 3 heterocycles.